The van der Waals surface area contributed by atoms with Gasteiger partial charge in [-0.15, -0.1) is 11.3 Å². The molecule has 1 aromatic rings. The second-order valence-electron chi connectivity index (χ2n) is 9.18. The van der Waals surface area contributed by atoms with Crippen molar-refractivity contribution in [2.24, 2.45) is 22.2 Å². The molecular formula is C19H26OS. The van der Waals surface area contributed by atoms with Gasteiger partial charge in [0, 0.05) is 22.2 Å². The summed E-state index contributed by atoms with van der Waals surface area (Å²) in [6.07, 6.45) is 8.91. The molecule has 21 heavy (non-hydrogen) atoms. The highest BCUT2D eigenvalue weighted by Crippen LogP contribution is 2.70. The number of thiophene rings is 1. The van der Waals surface area contributed by atoms with Gasteiger partial charge in [0.05, 0.1) is 0 Å². The van der Waals surface area contributed by atoms with Crippen molar-refractivity contribution in [2.45, 2.75) is 65.7 Å². The van der Waals surface area contributed by atoms with Crippen LogP contribution in [0.3, 0.4) is 0 Å². The summed E-state index contributed by atoms with van der Waals surface area (Å²) in [5, 5.41) is 2.06. The van der Waals surface area contributed by atoms with Crippen molar-refractivity contribution in [3.8, 4) is 0 Å². The minimum Gasteiger partial charge on any atom is -0.294 e. The highest BCUT2D eigenvalue weighted by Gasteiger charge is 2.60. The van der Waals surface area contributed by atoms with E-state index >= 15 is 0 Å². The van der Waals surface area contributed by atoms with Crippen molar-refractivity contribution in [1.29, 1.82) is 0 Å². The first-order chi connectivity index (χ1) is 9.79. The van der Waals surface area contributed by atoms with E-state index in [-0.39, 0.29) is 0 Å². The van der Waals surface area contributed by atoms with E-state index in [1.54, 1.807) is 11.3 Å². The summed E-state index contributed by atoms with van der Waals surface area (Å²) in [7, 11) is 0. The fraction of sp³-hybridized carbons (Fsp3) is 0.737. The predicted molar refractivity (Wildman–Crippen MR) is 87.8 cm³/mol. The molecule has 2 heteroatoms. The monoisotopic (exact) mass is 302 g/mol. The van der Waals surface area contributed by atoms with Crippen LogP contribution in [0.25, 0.3) is 0 Å². The Morgan fingerprint density at radius 2 is 1.86 bits per heavy atom. The fourth-order valence-electron chi connectivity index (χ4n) is 6.91. The fourth-order valence-corrected chi connectivity index (χ4v) is 7.62. The quantitative estimate of drug-likeness (QED) is 0.662. The molecule has 1 heterocycles. The van der Waals surface area contributed by atoms with Gasteiger partial charge in [-0.1, -0.05) is 13.8 Å². The zero-order valence-corrected chi connectivity index (χ0v) is 14.3. The third kappa shape index (κ3) is 2.30. The predicted octanol–water partition coefficient (Wildman–Crippen LogP) is 5.63. The molecule has 0 saturated heterocycles. The van der Waals surface area contributed by atoms with Crippen LogP contribution in [0.5, 0.6) is 0 Å². The number of ketones is 1. The summed E-state index contributed by atoms with van der Waals surface area (Å²) in [6, 6.07) is 2.08. The Bertz CT molecular complexity index is 580. The molecule has 1 nitrogen and oxygen atoms in total. The number of Topliss-reactive ketones (excluding diaryl/α,β-unsaturated/α-hetero) is 1. The summed E-state index contributed by atoms with van der Waals surface area (Å²) >= 11 is 1.70. The zero-order valence-electron chi connectivity index (χ0n) is 13.5. The van der Waals surface area contributed by atoms with Crippen LogP contribution < -0.4 is 0 Å². The molecule has 0 radical (unpaired) electrons. The van der Waals surface area contributed by atoms with Gasteiger partial charge < -0.3 is 0 Å². The Morgan fingerprint density at radius 3 is 2.38 bits per heavy atom. The normalized spacial score (nSPS) is 44.2. The van der Waals surface area contributed by atoms with Crippen LogP contribution in [0.15, 0.2) is 11.4 Å². The molecule has 0 aromatic carbocycles. The summed E-state index contributed by atoms with van der Waals surface area (Å²) < 4.78 is 0. The average molecular weight is 302 g/mol. The number of hydrogen-bond acceptors (Lipinski definition) is 2. The Hall–Kier alpha value is -0.630. The lowest BCUT2D eigenvalue weighted by Crippen LogP contribution is -2.55. The Morgan fingerprint density at radius 1 is 1.19 bits per heavy atom. The van der Waals surface area contributed by atoms with Crippen molar-refractivity contribution in [1.82, 2.24) is 0 Å². The van der Waals surface area contributed by atoms with Gasteiger partial charge in [-0.2, -0.15) is 0 Å². The summed E-state index contributed by atoms with van der Waals surface area (Å²) in [6.45, 7) is 7.07. The molecule has 0 N–H and O–H groups in total. The van der Waals surface area contributed by atoms with Crippen molar-refractivity contribution in [3.63, 3.8) is 0 Å². The van der Waals surface area contributed by atoms with E-state index in [1.807, 2.05) is 0 Å². The molecular weight excluding hydrogens is 276 g/mol. The first kappa shape index (κ1) is 14.0. The lowest BCUT2D eigenvalue weighted by Gasteiger charge is -2.65. The molecule has 2 unspecified atom stereocenters. The molecule has 1 aromatic heterocycles. The Balaban J connectivity index is 1.61. The van der Waals surface area contributed by atoms with E-state index in [9.17, 15) is 4.79 Å². The molecule has 4 bridgehead atoms. The molecule has 5 rings (SSSR count). The molecule has 4 aliphatic rings. The van der Waals surface area contributed by atoms with Crippen LogP contribution >= 0.6 is 11.3 Å². The largest absolute Gasteiger partial charge is 0.294 e. The number of aryl methyl sites for hydroxylation is 1. The lowest BCUT2D eigenvalue weighted by atomic mass is 9.39. The topological polar surface area (TPSA) is 17.1 Å². The minimum atomic E-state index is 0.315. The number of carbonyl (C=O) groups excluding carboxylic acids is 1. The number of hydrogen-bond donors (Lipinski definition) is 0. The van der Waals surface area contributed by atoms with Crippen molar-refractivity contribution >= 4 is 17.1 Å². The van der Waals surface area contributed by atoms with Crippen LogP contribution in [-0.4, -0.2) is 5.78 Å². The van der Waals surface area contributed by atoms with Gasteiger partial charge in [0.15, 0.2) is 5.78 Å². The third-order valence-corrected chi connectivity index (χ3v) is 7.19. The van der Waals surface area contributed by atoms with E-state index < -0.39 is 0 Å². The Kier molecular flexibility index (Phi) is 2.81. The molecule has 0 aliphatic heterocycles. The molecule has 0 spiro atoms. The molecule has 114 valence electrons. The molecule has 2 atom stereocenters. The highest BCUT2D eigenvalue weighted by molar-refractivity contribution is 7.10. The highest BCUT2D eigenvalue weighted by atomic mass is 32.1. The van der Waals surface area contributed by atoms with Gasteiger partial charge in [0.25, 0.3) is 0 Å². The molecule has 0 amide bonds. The van der Waals surface area contributed by atoms with E-state index in [1.165, 1.54) is 43.4 Å². The van der Waals surface area contributed by atoms with Crippen LogP contribution in [0, 0.1) is 29.1 Å². The SMILES string of the molecule is Cc1cc(C(=O)CC23CC4CC(C)(CC(C)(C4)C2)C3)cs1. The molecule has 4 aliphatic carbocycles. The average Bonchev–Trinajstić information content (AvgIpc) is 2.70. The number of rotatable bonds is 3. The van der Waals surface area contributed by atoms with Gasteiger partial charge in [-0.3, -0.25) is 4.79 Å². The maximum atomic E-state index is 12.8. The first-order valence-corrected chi connectivity index (χ1v) is 9.25. The Labute approximate surface area is 132 Å². The van der Waals surface area contributed by atoms with Gasteiger partial charge in [-0.25, -0.2) is 0 Å². The van der Waals surface area contributed by atoms with Gasteiger partial charge in [0.2, 0.25) is 0 Å². The van der Waals surface area contributed by atoms with E-state index in [4.69, 9.17) is 0 Å². The number of carbonyl (C=O) groups is 1. The minimum absolute atomic E-state index is 0.315. The van der Waals surface area contributed by atoms with Crippen LogP contribution in [-0.2, 0) is 0 Å². The third-order valence-electron chi connectivity index (χ3n) is 6.33. The summed E-state index contributed by atoms with van der Waals surface area (Å²) in [5.41, 5.74) is 2.30. The van der Waals surface area contributed by atoms with E-state index in [2.05, 4.69) is 32.2 Å². The van der Waals surface area contributed by atoms with Crippen molar-refractivity contribution in [2.75, 3.05) is 0 Å². The lowest BCUT2D eigenvalue weighted by molar-refractivity contribution is -0.143. The zero-order chi connectivity index (χ0) is 14.9. The van der Waals surface area contributed by atoms with Crippen LogP contribution in [0.1, 0.15) is 74.0 Å². The maximum absolute atomic E-state index is 12.8. The summed E-state index contributed by atoms with van der Waals surface area (Å²) in [4.78, 5) is 14.0. The van der Waals surface area contributed by atoms with Gasteiger partial charge in [0.1, 0.15) is 0 Å². The first-order valence-electron chi connectivity index (χ1n) is 8.37. The maximum Gasteiger partial charge on any atom is 0.164 e. The van der Waals surface area contributed by atoms with Crippen molar-refractivity contribution in [3.05, 3.63) is 21.9 Å². The molecule has 4 saturated carbocycles. The molecule has 4 fully saturated rings. The smallest absolute Gasteiger partial charge is 0.164 e. The second-order valence-corrected chi connectivity index (χ2v) is 10.3. The standard InChI is InChI=1S/C19H26OS/c1-13-4-15(9-21-13)16(20)8-19-7-14-5-17(2,11-19)10-18(3,6-14)12-19/h4,9,14H,5-8,10-12H2,1-3H3. The van der Waals surface area contributed by atoms with E-state index in [0.717, 1.165) is 17.9 Å². The van der Waals surface area contributed by atoms with Crippen LogP contribution in [0.2, 0.25) is 0 Å². The van der Waals surface area contributed by atoms with Crippen molar-refractivity contribution < 1.29 is 4.79 Å². The second kappa shape index (κ2) is 4.22. The van der Waals surface area contributed by atoms with Gasteiger partial charge >= 0.3 is 0 Å². The van der Waals surface area contributed by atoms with E-state index in [0.29, 0.717) is 22.0 Å². The summed E-state index contributed by atoms with van der Waals surface area (Å²) in [5.74, 6) is 1.28. The van der Waals surface area contributed by atoms with Gasteiger partial charge in [-0.05, 0) is 73.7 Å². The van der Waals surface area contributed by atoms with Crippen LogP contribution in [0.4, 0.5) is 0 Å².